The lowest BCUT2D eigenvalue weighted by Crippen LogP contribution is -2.61. The number of piperazine rings is 1. The van der Waals surface area contributed by atoms with Gasteiger partial charge in [0, 0.05) is 32.7 Å². The molecular weight excluding hydrogens is 350 g/mol. The number of anilines is 1. The lowest BCUT2D eigenvalue weighted by molar-refractivity contribution is -0.143. The summed E-state index contributed by atoms with van der Waals surface area (Å²) in [5.41, 5.74) is 7.50. The standard InChI is InChI=1S/C18H25N5O2S/c1-11(2)22-6-7-23(14(10-22)17(25)20-3)16(24)9-12-4-5-13-15(8-12)26-18(19)21-13/h4-5,8,11,14H,6-7,9-10H2,1-3H3,(H2,19,21)(H,20,25). The molecule has 140 valence electrons. The van der Waals surface area contributed by atoms with Crippen LogP contribution in [0.15, 0.2) is 18.2 Å². The predicted molar refractivity (Wildman–Crippen MR) is 104 cm³/mol. The van der Waals surface area contributed by atoms with Crippen LogP contribution in [0.3, 0.4) is 0 Å². The van der Waals surface area contributed by atoms with E-state index in [2.05, 4.69) is 29.0 Å². The molecule has 1 aliphatic heterocycles. The summed E-state index contributed by atoms with van der Waals surface area (Å²) in [6.45, 7) is 6.11. The minimum absolute atomic E-state index is 0.0288. The predicted octanol–water partition coefficient (Wildman–Crippen LogP) is 1.09. The summed E-state index contributed by atoms with van der Waals surface area (Å²) in [6.07, 6.45) is 0.267. The number of likely N-dealkylation sites (N-methyl/N-ethyl adjacent to an activating group) is 1. The van der Waals surface area contributed by atoms with E-state index in [0.29, 0.717) is 24.3 Å². The van der Waals surface area contributed by atoms with Crippen LogP contribution in [-0.2, 0) is 16.0 Å². The second kappa shape index (κ2) is 7.59. The summed E-state index contributed by atoms with van der Waals surface area (Å²) in [6, 6.07) is 5.64. The van der Waals surface area contributed by atoms with Gasteiger partial charge in [-0.3, -0.25) is 14.5 Å². The fourth-order valence-corrected chi connectivity index (χ4v) is 4.13. The van der Waals surface area contributed by atoms with Crippen molar-refractivity contribution in [1.82, 2.24) is 20.1 Å². The maximum absolute atomic E-state index is 12.9. The molecule has 1 aromatic carbocycles. The Kier molecular flexibility index (Phi) is 5.43. The zero-order valence-electron chi connectivity index (χ0n) is 15.4. The number of nitrogens with one attached hydrogen (secondary N) is 1. The van der Waals surface area contributed by atoms with E-state index in [1.807, 2.05) is 18.2 Å². The number of carbonyl (C=O) groups is 2. The van der Waals surface area contributed by atoms with E-state index < -0.39 is 6.04 Å². The molecule has 3 N–H and O–H groups in total. The highest BCUT2D eigenvalue weighted by Gasteiger charge is 2.35. The van der Waals surface area contributed by atoms with E-state index in [9.17, 15) is 9.59 Å². The number of amides is 2. The van der Waals surface area contributed by atoms with Crippen molar-refractivity contribution in [3.05, 3.63) is 23.8 Å². The lowest BCUT2D eigenvalue weighted by Gasteiger charge is -2.42. The molecule has 1 aliphatic rings. The third kappa shape index (κ3) is 3.81. The van der Waals surface area contributed by atoms with E-state index in [0.717, 1.165) is 22.3 Å². The smallest absolute Gasteiger partial charge is 0.243 e. The van der Waals surface area contributed by atoms with Crippen molar-refractivity contribution in [2.45, 2.75) is 32.4 Å². The van der Waals surface area contributed by atoms with Crippen LogP contribution in [0, 0.1) is 0 Å². The topological polar surface area (TPSA) is 91.6 Å². The Balaban J connectivity index is 1.76. The molecule has 2 aromatic rings. The third-order valence-electron chi connectivity index (χ3n) is 4.84. The molecule has 1 fully saturated rings. The van der Waals surface area contributed by atoms with Gasteiger partial charge in [-0.1, -0.05) is 17.4 Å². The van der Waals surface area contributed by atoms with E-state index in [4.69, 9.17) is 5.73 Å². The number of aromatic nitrogens is 1. The Hall–Kier alpha value is -2.19. The van der Waals surface area contributed by atoms with Gasteiger partial charge in [-0.05, 0) is 31.5 Å². The average Bonchev–Trinajstić information content (AvgIpc) is 2.99. The SMILES string of the molecule is CNC(=O)C1CN(C(C)C)CCN1C(=O)Cc1ccc2nc(N)sc2c1. The summed E-state index contributed by atoms with van der Waals surface area (Å²) < 4.78 is 0.972. The van der Waals surface area contributed by atoms with E-state index in [1.54, 1.807) is 11.9 Å². The second-order valence-corrected chi connectivity index (χ2v) is 7.90. The average molecular weight is 375 g/mol. The first-order valence-corrected chi connectivity index (χ1v) is 9.60. The molecule has 0 bridgehead atoms. The summed E-state index contributed by atoms with van der Waals surface area (Å²) >= 11 is 1.41. The largest absolute Gasteiger partial charge is 0.375 e. The summed E-state index contributed by atoms with van der Waals surface area (Å²) in [5, 5.41) is 3.21. The van der Waals surface area contributed by atoms with Crippen LogP contribution >= 0.6 is 11.3 Å². The minimum atomic E-state index is -0.452. The molecule has 1 saturated heterocycles. The highest BCUT2D eigenvalue weighted by atomic mass is 32.1. The first-order valence-electron chi connectivity index (χ1n) is 8.79. The first-order chi connectivity index (χ1) is 12.4. The van der Waals surface area contributed by atoms with Gasteiger partial charge in [0.25, 0.3) is 0 Å². The number of thiazole rings is 1. The summed E-state index contributed by atoms with van der Waals surface area (Å²) in [4.78, 5) is 33.4. The van der Waals surface area contributed by atoms with E-state index in [1.165, 1.54) is 11.3 Å². The maximum atomic E-state index is 12.9. The number of carbonyl (C=O) groups excluding carboxylic acids is 2. The van der Waals surface area contributed by atoms with Crippen LogP contribution in [0.25, 0.3) is 10.2 Å². The number of benzene rings is 1. The van der Waals surface area contributed by atoms with Crippen molar-refractivity contribution in [2.75, 3.05) is 32.4 Å². The number of nitrogen functional groups attached to an aromatic ring is 1. The molecular formula is C18H25N5O2S. The Labute approximate surface area is 157 Å². The number of fused-ring (bicyclic) bond motifs is 1. The number of hydrogen-bond donors (Lipinski definition) is 2. The zero-order chi connectivity index (χ0) is 18.8. The summed E-state index contributed by atoms with van der Waals surface area (Å²) in [7, 11) is 1.61. The van der Waals surface area contributed by atoms with Gasteiger partial charge in [0.15, 0.2) is 5.13 Å². The zero-order valence-corrected chi connectivity index (χ0v) is 16.2. The van der Waals surface area contributed by atoms with E-state index in [-0.39, 0.29) is 18.2 Å². The fraction of sp³-hybridized carbons (Fsp3) is 0.500. The molecule has 2 amide bonds. The molecule has 8 heteroatoms. The van der Waals surface area contributed by atoms with Crippen LogP contribution in [0.1, 0.15) is 19.4 Å². The van der Waals surface area contributed by atoms with Gasteiger partial charge < -0.3 is 16.0 Å². The fourth-order valence-electron chi connectivity index (χ4n) is 3.34. The van der Waals surface area contributed by atoms with E-state index >= 15 is 0 Å². The number of nitrogens with two attached hydrogens (primary N) is 1. The van der Waals surface area contributed by atoms with Gasteiger partial charge >= 0.3 is 0 Å². The number of rotatable bonds is 4. The van der Waals surface area contributed by atoms with Crippen LogP contribution in [0.2, 0.25) is 0 Å². The number of hydrogen-bond acceptors (Lipinski definition) is 6. The lowest BCUT2D eigenvalue weighted by atomic mass is 10.1. The van der Waals surface area contributed by atoms with Crippen LogP contribution in [0.4, 0.5) is 5.13 Å². The molecule has 26 heavy (non-hydrogen) atoms. The normalized spacial score (nSPS) is 18.5. The van der Waals surface area contributed by atoms with Crippen LogP contribution in [-0.4, -0.2) is 65.4 Å². The van der Waals surface area contributed by atoms with Gasteiger partial charge in [-0.25, -0.2) is 4.98 Å². The second-order valence-electron chi connectivity index (χ2n) is 6.84. The molecule has 7 nitrogen and oxygen atoms in total. The molecule has 0 saturated carbocycles. The Morgan fingerprint density at radius 2 is 2.15 bits per heavy atom. The molecule has 0 radical (unpaired) electrons. The molecule has 2 heterocycles. The minimum Gasteiger partial charge on any atom is -0.375 e. The first kappa shape index (κ1) is 18.6. The maximum Gasteiger partial charge on any atom is 0.243 e. The highest BCUT2D eigenvalue weighted by molar-refractivity contribution is 7.22. The molecule has 0 aliphatic carbocycles. The highest BCUT2D eigenvalue weighted by Crippen LogP contribution is 2.25. The summed E-state index contributed by atoms with van der Waals surface area (Å²) in [5.74, 6) is -0.145. The third-order valence-corrected chi connectivity index (χ3v) is 5.68. The molecule has 0 spiro atoms. The Bertz CT molecular complexity index is 819. The van der Waals surface area contributed by atoms with Gasteiger partial charge in [-0.2, -0.15) is 0 Å². The van der Waals surface area contributed by atoms with Crippen LogP contribution in [0.5, 0.6) is 0 Å². The van der Waals surface area contributed by atoms with Crippen LogP contribution < -0.4 is 11.1 Å². The molecule has 3 rings (SSSR count). The Morgan fingerprint density at radius 1 is 1.38 bits per heavy atom. The molecule has 1 atom stereocenters. The number of nitrogens with zero attached hydrogens (tertiary/aromatic N) is 3. The van der Waals surface area contributed by atoms with Gasteiger partial charge in [0.1, 0.15) is 6.04 Å². The van der Waals surface area contributed by atoms with Crippen molar-refractivity contribution in [2.24, 2.45) is 0 Å². The van der Waals surface area contributed by atoms with Gasteiger partial charge in [0.2, 0.25) is 11.8 Å². The van der Waals surface area contributed by atoms with Crippen molar-refractivity contribution >= 4 is 38.5 Å². The monoisotopic (exact) mass is 375 g/mol. The van der Waals surface area contributed by atoms with Crippen molar-refractivity contribution in [3.63, 3.8) is 0 Å². The van der Waals surface area contributed by atoms with Gasteiger partial charge in [0.05, 0.1) is 16.6 Å². The molecule has 1 aromatic heterocycles. The molecule has 1 unspecified atom stereocenters. The van der Waals surface area contributed by atoms with Crippen molar-refractivity contribution in [1.29, 1.82) is 0 Å². The van der Waals surface area contributed by atoms with Gasteiger partial charge in [-0.15, -0.1) is 0 Å². The van der Waals surface area contributed by atoms with Crippen molar-refractivity contribution < 1.29 is 9.59 Å². The Morgan fingerprint density at radius 3 is 2.85 bits per heavy atom. The quantitative estimate of drug-likeness (QED) is 0.835. The van der Waals surface area contributed by atoms with Crippen molar-refractivity contribution in [3.8, 4) is 0 Å².